The highest BCUT2D eigenvalue weighted by atomic mass is 16.2. The highest BCUT2D eigenvalue weighted by molar-refractivity contribution is 6.09. The van der Waals surface area contributed by atoms with Gasteiger partial charge in [0.15, 0.2) is 0 Å². The lowest BCUT2D eigenvalue weighted by Crippen LogP contribution is -2.52. The van der Waals surface area contributed by atoms with Gasteiger partial charge in [-0.1, -0.05) is 24.3 Å². The second kappa shape index (κ2) is 7.60. The number of rotatable bonds is 5. The van der Waals surface area contributed by atoms with Crippen LogP contribution in [0.2, 0.25) is 0 Å². The molecular weight excluding hydrogens is 394 g/mol. The summed E-state index contributed by atoms with van der Waals surface area (Å²) in [6.45, 7) is 5.03. The summed E-state index contributed by atoms with van der Waals surface area (Å²) in [6.07, 6.45) is 3.70. The molecule has 2 aromatic rings. The maximum atomic E-state index is 12.8. The minimum Gasteiger partial charge on any atom is -0.339 e. The molecule has 3 heterocycles. The molecule has 31 heavy (non-hydrogen) atoms. The van der Waals surface area contributed by atoms with E-state index in [-0.39, 0.29) is 24.3 Å². The fourth-order valence-corrected chi connectivity index (χ4v) is 4.72. The van der Waals surface area contributed by atoms with Gasteiger partial charge in [0.05, 0.1) is 5.52 Å². The van der Waals surface area contributed by atoms with E-state index in [0.717, 1.165) is 48.3 Å². The number of urea groups is 1. The first-order valence-corrected chi connectivity index (χ1v) is 10.9. The number of piperazine rings is 1. The van der Waals surface area contributed by atoms with Crippen molar-refractivity contribution in [1.82, 2.24) is 25.0 Å². The van der Waals surface area contributed by atoms with E-state index in [1.165, 1.54) is 5.56 Å². The van der Waals surface area contributed by atoms with Crippen molar-refractivity contribution in [2.45, 2.75) is 31.8 Å². The van der Waals surface area contributed by atoms with Gasteiger partial charge < -0.3 is 10.2 Å². The van der Waals surface area contributed by atoms with Crippen molar-refractivity contribution in [3.63, 3.8) is 0 Å². The van der Waals surface area contributed by atoms with Gasteiger partial charge in [-0.05, 0) is 37.3 Å². The van der Waals surface area contributed by atoms with Crippen LogP contribution in [0.5, 0.6) is 0 Å². The number of para-hydroxylation sites is 1. The predicted octanol–water partition coefficient (Wildman–Crippen LogP) is 1.60. The molecule has 4 amide bonds. The summed E-state index contributed by atoms with van der Waals surface area (Å²) in [5, 5.41) is 3.93. The number of amides is 4. The predicted molar refractivity (Wildman–Crippen MR) is 115 cm³/mol. The van der Waals surface area contributed by atoms with E-state index in [0.29, 0.717) is 13.1 Å². The van der Waals surface area contributed by atoms with Crippen molar-refractivity contribution in [2.75, 3.05) is 32.7 Å². The number of hydrogen-bond donors (Lipinski definition) is 1. The molecular formula is C23H27N5O3. The van der Waals surface area contributed by atoms with Crippen molar-refractivity contribution < 1.29 is 14.4 Å². The van der Waals surface area contributed by atoms with Crippen LogP contribution in [0, 0.1) is 5.92 Å². The Morgan fingerprint density at radius 3 is 2.61 bits per heavy atom. The molecule has 1 aliphatic carbocycles. The van der Waals surface area contributed by atoms with E-state index in [2.05, 4.69) is 33.4 Å². The molecule has 0 radical (unpaired) electrons. The Bertz CT molecular complexity index is 1040. The van der Waals surface area contributed by atoms with Gasteiger partial charge in [-0.25, -0.2) is 4.79 Å². The van der Waals surface area contributed by atoms with Gasteiger partial charge in [0.25, 0.3) is 5.91 Å². The van der Waals surface area contributed by atoms with Gasteiger partial charge in [-0.3, -0.25) is 24.4 Å². The summed E-state index contributed by atoms with van der Waals surface area (Å²) >= 11 is 0. The van der Waals surface area contributed by atoms with Gasteiger partial charge in [-0.15, -0.1) is 0 Å². The van der Waals surface area contributed by atoms with Crippen molar-refractivity contribution in [1.29, 1.82) is 0 Å². The highest BCUT2D eigenvalue weighted by Crippen LogP contribution is 2.42. The molecule has 8 heteroatoms. The van der Waals surface area contributed by atoms with E-state index in [9.17, 15) is 14.4 Å². The van der Waals surface area contributed by atoms with Crippen molar-refractivity contribution in [3.8, 4) is 0 Å². The van der Waals surface area contributed by atoms with Gasteiger partial charge in [0.1, 0.15) is 12.1 Å². The van der Waals surface area contributed by atoms with Gasteiger partial charge in [-0.2, -0.15) is 0 Å². The standard InChI is InChI=1S/C23H27N5O3/c1-23(18-7-8-18)21(30)28(22(31)25-23)15-19(29)27-12-10-26(11-13-27)14-17-5-2-4-16-6-3-9-24-20(16)17/h2-6,9,18H,7-8,10-15H2,1H3,(H,25,31). The summed E-state index contributed by atoms with van der Waals surface area (Å²) in [5.74, 6) is -0.248. The Kier molecular flexibility index (Phi) is 4.89. The third-order valence-electron chi connectivity index (χ3n) is 6.82. The van der Waals surface area contributed by atoms with Crippen LogP contribution in [0.25, 0.3) is 10.9 Å². The molecule has 3 fully saturated rings. The summed E-state index contributed by atoms with van der Waals surface area (Å²) in [4.78, 5) is 47.6. The molecule has 1 saturated carbocycles. The Hall–Kier alpha value is -3.00. The number of imide groups is 1. The van der Waals surface area contributed by atoms with Crippen LogP contribution in [-0.4, -0.2) is 75.8 Å². The average Bonchev–Trinajstić information content (AvgIpc) is 3.60. The fraction of sp³-hybridized carbons (Fsp3) is 0.478. The topological polar surface area (TPSA) is 85.8 Å². The summed E-state index contributed by atoms with van der Waals surface area (Å²) in [6, 6.07) is 9.76. The SMILES string of the molecule is CC1(C2CC2)NC(=O)N(CC(=O)N2CCN(Cc3cccc4cccnc34)CC2)C1=O. The number of hydrogen-bond acceptors (Lipinski definition) is 5. The average molecular weight is 422 g/mol. The van der Waals surface area contributed by atoms with Crippen LogP contribution >= 0.6 is 0 Å². The first kappa shape index (κ1) is 19.9. The number of carbonyl (C=O) groups is 3. The lowest BCUT2D eigenvalue weighted by atomic mass is 9.96. The summed E-state index contributed by atoms with van der Waals surface area (Å²) < 4.78 is 0. The third kappa shape index (κ3) is 3.65. The van der Waals surface area contributed by atoms with E-state index in [4.69, 9.17) is 0 Å². The number of pyridine rings is 1. The first-order valence-electron chi connectivity index (χ1n) is 10.9. The van der Waals surface area contributed by atoms with E-state index in [1.54, 1.807) is 11.8 Å². The lowest BCUT2D eigenvalue weighted by molar-refractivity contribution is -0.140. The molecule has 0 bridgehead atoms. The molecule has 3 aliphatic rings. The summed E-state index contributed by atoms with van der Waals surface area (Å²) in [7, 11) is 0. The molecule has 162 valence electrons. The molecule has 1 N–H and O–H groups in total. The normalized spacial score (nSPS) is 24.7. The zero-order valence-corrected chi connectivity index (χ0v) is 17.7. The second-order valence-corrected chi connectivity index (χ2v) is 8.95. The maximum Gasteiger partial charge on any atom is 0.325 e. The Morgan fingerprint density at radius 1 is 1.13 bits per heavy atom. The Labute approximate surface area is 181 Å². The zero-order valence-electron chi connectivity index (χ0n) is 17.7. The number of nitrogens with one attached hydrogen (secondary N) is 1. The molecule has 1 aromatic heterocycles. The number of aromatic nitrogens is 1. The van der Waals surface area contributed by atoms with Gasteiger partial charge in [0.2, 0.25) is 5.91 Å². The molecule has 1 aromatic carbocycles. The van der Waals surface area contributed by atoms with Crippen LogP contribution in [0.3, 0.4) is 0 Å². The number of benzene rings is 1. The fourth-order valence-electron chi connectivity index (χ4n) is 4.72. The molecule has 8 nitrogen and oxygen atoms in total. The van der Waals surface area contributed by atoms with Crippen LogP contribution < -0.4 is 5.32 Å². The van der Waals surface area contributed by atoms with E-state index in [1.807, 2.05) is 18.3 Å². The molecule has 1 unspecified atom stereocenters. The van der Waals surface area contributed by atoms with Crippen LogP contribution in [0.15, 0.2) is 36.5 Å². The lowest BCUT2D eigenvalue weighted by Gasteiger charge is -2.35. The molecule has 5 rings (SSSR count). The molecule has 2 saturated heterocycles. The second-order valence-electron chi connectivity index (χ2n) is 8.95. The molecule has 0 spiro atoms. The smallest absolute Gasteiger partial charge is 0.325 e. The molecule has 2 aliphatic heterocycles. The van der Waals surface area contributed by atoms with Crippen molar-refractivity contribution in [3.05, 3.63) is 42.1 Å². The highest BCUT2D eigenvalue weighted by Gasteiger charge is 2.56. The van der Waals surface area contributed by atoms with Gasteiger partial charge in [0, 0.05) is 44.3 Å². The van der Waals surface area contributed by atoms with Crippen molar-refractivity contribution >= 4 is 28.7 Å². The minimum absolute atomic E-state index is 0.171. The van der Waals surface area contributed by atoms with Crippen LogP contribution in [0.4, 0.5) is 4.79 Å². The van der Waals surface area contributed by atoms with Crippen molar-refractivity contribution in [2.24, 2.45) is 5.92 Å². The summed E-state index contributed by atoms with van der Waals surface area (Å²) in [5.41, 5.74) is 1.35. The number of nitrogens with zero attached hydrogens (tertiary/aromatic N) is 4. The quantitative estimate of drug-likeness (QED) is 0.742. The number of fused-ring (bicyclic) bond motifs is 1. The monoisotopic (exact) mass is 421 g/mol. The largest absolute Gasteiger partial charge is 0.339 e. The number of carbonyl (C=O) groups excluding carboxylic acids is 3. The van der Waals surface area contributed by atoms with Gasteiger partial charge >= 0.3 is 6.03 Å². The third-order valence-corrected chi connectivity index (χ3v) is 6.82. The zero-order chi connectivity index (χ0) is 21.6. The molecule has 1 atom stereocenters. The first-order chi connectivity index (χ1) is 15.0. The van der Waals surface area contributed by atoms with E-state index < -0.39 is 11.6 Å². The van der Waals surface area contributed by atoms with Crippen LogP contribution in [-0.2, 0) is 16.1 Å². The maximum absolute atomic E-state index is 12.8. The van der Waals surface area contributed by atoms with E-state index >= 15 is 0 Å². The minimum atomic E-state index is -0.845. The Balaban J connectivity index is 1.17. The van der Waals surface area contributed by atoms with Crippen LogP contribution in [0.1, 0.15) is 25.3 Å². The Morgan fingerprint density at radius 2 is 1.87 bits per heavy atom.